The van der Waals surface area contributed by atoms with Gasteiger partial charge in [-0.2, -0.15) is 0 Å². The SMILES string of the molecule is O=c1c2ccccc2sc2nc(-c3cccc([N+](=O)[O-])c3)n(Cc3ccco3)c(=O)c12. The minimum absolute atomic E-state index is 0.00978. The zero-order valence-electron chi connectivity index (χ0n) is 15.8. The van der Waals surface area contributed by atoms with Crippen molar-refractivity contribution in [3.8, 4) is 11.4 Å². The van der Waals surface area contributed by atoms with Crippen LogP contribution >= 0.6 is 11.3 Å². The molecule has 0 N–H and O–H groups in total. The molecule has 0 atom stereocenters. The van der Waals surface area contributed by atoms with E-state index in [0.29, 0.717) is 21.4 Å². The lowest BCUT2D eigenvalue weighted by Crippen LogP contribution is -2.27. The topological polar surface area (TPSA) is 108 Å². The average molecular weight is 431 g/mol. The minimum atomic E-state index is -0.519. The van der Waals surface area contributed by atoms with Crippen LogP contribution in [0.25, 0.3) is 31.7 Å². The third-order valence-electron chi connectivity index (χ3n) is 4.91. The normalized spacial score (nSPS) is 11.2. The fourth-order valence-corrected chi connectivity index (χ4v) is 4.51. The standard InChI is InChI=1S/C22H13N3O5S/c26-19-16-8-1-2-9-17(16)31-21-18(19)22(27)24(12-15-7-4-10-30-15)20(23-21)13-5-3-6-14(11-13)25(28)29/h1-11H,12H2. The highest BCUT2D eigenvalue weighted by Crippen LogP contribution is 2.27. The molecule has 0 saturated heterocycles. The van der Waals surface area contributed by atoms with E-state index < -0.39 is 10.5 Å². The van der Waals surface area contributed by atoms with Gasteiger partial charge >= 0.3 is 0 Å². The number of hydrogen-bond acceptors (Lipinski definition) is 7. The van der Waals surface area contributed by atoms with Gasteiger partial charge in [-0.1, -0.05) is 24.3 Å². The molecule has 0 aliphatic heterocycles. The molecule has 31 heavy (non-hydrogen) atoms. The van der Waals surface area contributed by atoms with Crippen molar-refractivity contribution < 1.29 is 9.34 Å². The Hall–Kier alpha value is -4.11. The molecule has 0 spiro atoms. The van der Waals surface area contributed by atoms with E-state index in [1.54, 1.807) is 36.4 Å². The predicted molar refractivity (Wildman–Crippen MR) is 118 cm³/mol. The highest BCUT2D eigenvalue weighted by Gasteiger charge is 2.19. The summed E-state index contributed by atoms with van der Waals surface area (Å²) in [6.07, 6.45) is 1.48. The van der Waals surface area contributed by atoms with Crippen LogP contribution in [0.15, 0.2) is 80.9 Å². The maximum atomic E-state index is 13.5. The van der Waals surface area contributed by atoms with Gasteiger partial charge in [0, 0.05) is 27.8 Å². The van der Waals surface area contributed by atoms with Crippen molar-refractivity contribution in [1.82, 2.24) is 9.55 Å². The second-order valence-electron chi connectivity index (χ2n) is 6.82. The molecule has 152 valence electrons. The van der Waals surface area contributed by atoms with Crippen molar-refractivity contribution in [2.24, 2.45) is 0 Å². The molecular weight excluding hydrogens is 418 g/mol. The molecule has 0 saturated carbocycles. The Labute approximate surface area is 177 Å². The molecule has 8 nitrogen and oxygen atoms in total. The number of nitro groups is 1. The zero-order chi connectivity index (χ0) is 21.5. The van der Waals surface area contributed by atoms with Gasteiger partial charge in [0.1, 0.15) is 21.8 Å². The van der Waals surface area contributed by atoms with E-state index in [1.165, 1.54) is 40.4 Å². The summed E-state index contributed by atoms with van der Waals surface area (Å²) in [4.78, 5) is 42.2. The molecule has 0 unspecified atom stereocenters. The number of hydrogen-bond donors (Lipinski definition) is 0. The van der Waals surface area contributed by atoms with Crippen LogP contribution in [0.3, 0.4) is 0 Å². The minimum Gasteiger partial charge on any atom is -0.467 e. The van der Waals surface area contributed by atoms with E-state index in [-0.39, 0.29) is 33.7 Å². The highest BCUT2D eigenvalue weighted by atomic mass is 32.1. The smallest absolute Gasteiger partial charge is 0.270 e. The van der Waals surface area contributed by atoms with E-state index >= 15 is 0 Å². The van der Waals surface area contributed by atoms with Crippen LogP contribution in [0.5, 0.6) is 0 Å². The molecular formula is C22H13N3O5S. The van der Waals surface area contributed by atoms with Crippen LogP contribution in [0.2, 0.25) is 0 Å². The van der Waals surface area contributed by atoms with E-state index in [0.717, 1.165) is 0 Å². The third kappa shape index (κ3) is 3.21. The first-order valence-electron chi connectivity index (χ1n) is 9.26. The van der Waals surface area contributed by atoms with Gasteiger partial charge in [0.05, 0.1) is 17.7 Å². The summed E-state index contributed by atoms with van der Waals surface area (Å²) in [5.41, 5.74) is -0.633. The average Bonchev–Trinajstić information content (AvgIpc) is 3.29. The molecule has 3 aromatic heterocycles. The van der Waals surface area contributed by atoms with Gasteiger partial charge in [0.25, 0.3) is 11.2 Å². The van der Waals surface area contributed by atoms with E-state index in [9.17, 15) is 19.7 Å². The van der Waals surface area contributed by atoms with E-state index in [1.807, 2.05) is 6.07 Å². The monoisotopic (exact) mass is 431 g/mol. The number of benzene rings is 2. The Morgan fingerprint density at radius 2 is 1.90 bits per heavy atom. The number of nitro benzene ring substituents is 1. The first-order chi connectivity index (χ1) is 15.0. The molecule has 0 amide bonds. The maximum Gasteiger partial charge on any atom is 0.270 e. The number of aromatic nitrogens is 2. The number of furan rings is 1. The summed E-state index contributed by atoms with van der Waals surface area (Å²) in [6, 6.07) is 16.3. The lowest BCUT2D eigenvalue weighted by Gasteiger charge is -2.12. The Morgan fingerprint density at radius 1 is 1.06 bits per heavy atom. The van der Waals surface area contributed by atoms with Gasteiger partial charge in [-0.25, -0.2) is 4.98 Å². The van der Waals surface area contributed by atoms with Gasteiger partial charge in [0.2, 0.25) is 5.43 Å². The Balaban J connectivity index is 1.87. The van der Waals surface area contributed by atoms with Crippen molar-refractivity contribution in [3.63, 3.8) is 0 Å². The van der Waals surface area contributed by atoms with Crippen molar-refractivity contribution in [1.29, 1.82) is 0 Å². The fourth-order valence-electron chi connectivity index (χ4n) is 3.47. The van der Waals surface area contributed by atoms with Crippen LogP contribution in [-0.4, -0.2) is 14.5 Å². The summed E-state index contributed by atoms with van der Waals surface area (Å²) < 4.78 is 7.42. The van der Waals surface area contributed by atoms with E-state index in [4.69, 9.17) is 4.42 Å². The lowest BCUT2D eigenvalue weighted by molar-refractivity contribution is -0.384. The first-order valence-corrected chi connectivity index (χ1v) is 10.1. The molecule has 9 heteroatoms. The van der Waals surface area contributed by atoms with Crippen molar-refractivity contribution >= 4 is 37.3 Å². The first kappa shape index (κ1) is 18.9. The third-order valence-corrected chi connectivity index (χ3v) is 5.98. The van der Waals surface area contributed by atoms with E-state index in [2.05, 4.69) is 4.98 Å². The second kappa shape index (κ2) is 7.29. The largest absolute Gasteiger partial charge is 0.467 e. The van der Waals surface area contributed by atoms with Gasteiger partial charge in [0.15, 0.2) is 0 Å². The number of fused-ring (bicyclic) bond motifs is 2. The summed E-state index contributed by atoms with van der Waals surface area (Å²) in [7, 11) is 0. The molecule has 3 heterocycles. The maximum absolute atomic E-state index is 13.5. The number of nitrogens with zero attached hydrogens (tertiary/aromatic N) is 3. The van der Waals surface area contributed by atoms with Crippen molar-refractivity contribution in [2.75, 3.05) is 0 Å². The summed E-state index contributed by atoms with van der Waals surface area (Å²) in [5.74, 6) is 0.718. The van der Waals surface area contributed by atoms with Crippen molar-refractivity contribution in [3.05, 3.63) is 103 Å². The molecule has 0 aliphatic rings. The fraction of sp³-hybridized carbons (Fsp3) is 0.0455. The summed E-state index contributed by atoms with van der Waals surface area (Å²) in [5, 5.41) is 11.7. The van der Waals surface area contributed by atoms with Gasteiger partial charge < -0.3 is 4.42 Å². The van der Waals surface area contributed by atoms with Gasteiger partial charge in [-0.05, 0) is 24.3 Å². The summed E-state index contributed by atoms with van der Waals surface area (Å²) >= 11 is 1.23. The molecule has 0 aliphatic carbocycles. The van der Waals surface area contributed by atoms with Crippen molar-refractivity contribution in [2.45, 2.75) is 6.54 Å². The van der Waals surface area contributed by atoms with Crippen LogP contribution in [0, 0.1) is 10.1 Å². The lowest BCUT2D eigenvalue weighted by atomic mass is 10.1. The summed E-state index contributed by atoms with van der Waals surface area (Å²) in [6.45, 7) is 0.0315. The predicted octanol–water partition coefficient (Wildman–Crippen LogP) is 4.19. The zero-order valence-corrected chi connectivity index (χ0v) is 16.7. The Kier molecular flexibility index (Phi) is 4.45. The quantitative estimate of drug-likeness (QED) is 0.240. The molecule has 0 radical (unpaired) electrons. The molecule has 5 aromatic rings. The van der Waals surface area contributed by atoms with Crippen LogP contribution in [-0.2, 0) is 6.54 Å². The molecule has 0 bridgehead atoms. The van der Waals surface area contributed by atoms with Crippen LogP contribution in [0.1, 0.15) is 5.76 Å². The number of non-ortho nitro benzene ring substituents is 1. The molecule has 2 aromatic carbocycles. The van der Waals surface area contributed by atoms with Gasteiger partial charge in [-0.3, -0.25) is 24.3 Å². The second-order valence-corrected chi connectivity index (χ2v) is 7.85. The Bertz CT molecular complexity index is 1590. The molecule has 0 fully saturated rings. The van der Waals surface area contributed by atoms with Crippen LogP contribution < -0.4 is 11.0 Å². The Morgan fingerprint density at radius 3 is 2.68 bits per heavy atom. The van der Waals surface area contributed by atoms with Crippen LogP contribution in [0.4, 0.5) is 5.69 Å². The highest BCUT2D eigenvalue weighted by molar-refractivity contribution is 7.24. The van der Waals surface area contributed by atoms with Gasteiger partial charge in [-0.15, -0.1) is 11.3 Å². The molecule has 5 rings (SSSR count). The number of rotatable bonds is 4.